The van der Waals surface area contributed by atoms with E-state index in [-0.39, 0.29) is 22.7 Å². The fourth-order valence-corrected chi connectivity index (χ4v) is 3.67. The van der Waals surface area contributed by atoms with Crippen molar-refractivity contribution in [3.8, 4) is 5.75 Å². The number of fused-ring (bicyclic) bond motifs is 2. The first-order chi connectivity index (χ1) is 15.5. The van der Waals surface area contributed by atoms with Crippen molar-refractivity contribution in [1.82, 2.24) is 10.3 Å². The van der Waals surface area contributed by atoms with Gasteiger partial charge in [0.2, 0.25) is 6.17 Å². The fourth-order valence-electron chi connectivity index (χ4n) is 3.67. The zero-order chi connectivity index (χ0) is 22.2. The number of aromatic hydroxyl groups is 1. The number of carbonyl (C=O) groups excluding carboxylic acids is 2. The Morgan fingerprint density at radius 1 is 1.00 bits per heavy atom. The molecule has 158 valence electrons. The number of phenolic OH excluding ortho intramolecular Hbond substituents is 1. The molecule has 4 N–H and O–H groups in total. The summed E-state index contributed by atoms with van der Waals surface area (Å²) < 4.78 is 14.6. The minimum Gasteiger partial charge on any atom is -0.508 e. The molecule has 1 aliphatic heterocycles. The number of benzodiazepines with no additional fused rings is 1. The normalized spacial score (nSPS) is 15.5. The Labute approximate surface area is 181 Å². The van der Waals surface area contributed by atoms with Crippen LogP contribution >= 0.6 is 0 Å². The summed E-state index contributed by atoms with van der Waals surface area (Å²) in [5.41, 5.74) is 2.34. The number of benzene rings is 3. The summed E-state index contributed by atoms with van der Waals surface area (Å²) in [4.78, 5) is 33.1. The van der Waals surface area contributed by atoms with E-state index in [0.29, 0.717) is 22.2 Å². The van der Waals surface area contributed by atoms with Gasteiger partial charge in [0.25, 0.3) is 11.8 Å². The van der Waals surface area contributed by atoms with Crippen molar-refractivity contribution in [3.63, 3.8) is 0 Å². The van der Waals surface area contributed by atoms with E-state index in [1.165, 1.54) is 18.2 Å². The van der Waals surface area contributed by atoms with Crippen molar-refractivity contribution in [2.45, 2.75) is 6.17 Å². The molecule has 7 nitrogen and oxygen atoms in total. The zero-order valence-corrected chi connectivity index (χ0v) is 16.6. The summed E-state index contributed by atoms with van der Waals surface area (Å²) in [6.45, 7) is 0. The number of para-hydroxylation sites is 1. The first-order valence-corrected chi connectivity index (χ1v) is 9.85. The highest BCUT2D eigenvalue weighted by molar-refractivity contribution is 6.20. The van der Waals surface area contributed by atoms with Gasteiger partial charge in [-0.15, -0.1) is 0 Å². The van der Waals surface area contributed by atoms with E-state index in [4.69, 9.17) is 0 Å². The second kappa shape index (κ2) is 7.66. The molecule has 1 atom stereocenters. The van der Waals surface area contributed by atoms with Crippen molar-refractivity contribution in [3.05, 3.63) is 95.4 Å². The maximum Gasteiger partial charge on any atom is 0.269 e. The van der Waals surface area contributed by atoms with Crippen LogP contribution in [0.15, 0.2) is 77.8 Å². The fraction of sp³-hybridized carbons (Fsp3) is 0.0417. The van der Waals surface area contributed by atoms with Gasteiger partial charge in [-0.2, -0.15) is 0 Å². The Morgan fingerprint density at radius 3 is 2.56 bits per heavy atom. The molecule has 0 aliphatic carbocycles. The van der Waals surface area contributed by atoms with Crippen LogP contribution in [0.4, 0.5) is 10.1 Å². The number of hydrogen-bond acceptors (Lipinski definition) is 4. The van der Waals surface area contributed by atoms with Crippen molar-refractivity contribution in [2.75, 3.05) is 5.32 Å². The van der Waals surface area contributed by atoms with E-state index in [2.05, 4.69) is 20.6 Å². The standard InChI is InChI=1S/C24H17FN4O3/c25-17-7-3-1-5-15(17)21-16-6-2-4-8-19(16)27-24(32)22(28-21)29-23(31)20-12-13-11-14(30)9-10-18(13)26-20/h1-12,22,26,30H,(H,27,32)(H,29,31)/t22-/m0/s1. The number of anilines is 1. The van der Waals surface area contributed by atoms with Gasteiger partial charge in [-0.1, -0.05) is 30.3 Å². The highest BCUT2D eigenvalue weighted by Crippen LogP contribution is 2.25. The smallest absolute Gasteiger partial charge is 0.269 e. The maximum atomic E-state index is 14.6. The number of nitrogens with one attached hydrogen (secondary N) is 3. The Kier molecular flexibility index (Phi) is 4.67. The molecular weight excluding hydrogens is 411 g/mol. The third kappa shape index (κ3) is 3.47. The number of rotatable bonds is 3. The molecule has 3 aromatic carbocycles. The zero-order valence-electron chi connectivity index (χ0n) is 16.6. The molecule has 5 rings (SSSR count). The van der Waals surface area contributed by atoms with Gasteiger partial charge >= 0.3 is 0 Å². The van der Waals surface area contributed by atoms with Gasteiger partial charge in [0.15, 0.2) is 0 Å². The lowest BCUT2D eigenvalue weighted by molar-refractivity contribution is -0.117. The number of hydrogen-bond donors (Lipinski definition) is 4. The monoisotopic (exact) mass is 428 g/mol. The Bertz CT molecular complexity index is 1410. The molecule has 0 radical (unpaired) electrons. The summed E-state index contributed by atoms with van der Waals surface area (Å²) in [5, 5.41) is 15.6. The second-order valence-electron chi connectivity index (χ2n) is 7.32. The number of amides is 2. The van der Waals surface area contributed by atoms with Crippen LogP contribution in [0.2, 0.25) is 0 Å². The first kappa shape index (κ1) is 19.5. The number of carbonyl (C=O) groups is 2. The second-order valence-corrected chi connectivity index (χ2v) is 7.32. The predicted octanol–water partition coefficient (Wildman–Crippen LogP) is 3.56. The molecule has 0 fully saturated rings. The van der Waals surface area contributed by atoms with Crippen LogP contribution in [0.5, 0.6) is 5.75 Å². The van der Waals surface area contributed by atoms with E-state index >= 15 is 0 Å². The SMILES string of the molecule is O=C(N[C@@H]1N=C(c2ccccc2F)c2ccccc2NC1=O)c1cc2cc(O)ccc2[nH]1. The van der Waals surface area contributed by atoms with Crippen LogP contribution in [0, 0.1) is 5.82 Å². The molecule has 0 saturated carbocycles. The number of nitrogens with zero attached hydrogens (tertiary/aromatic N) is 1. The van der Waals surface area contributed by atoms with Gasteiger partial charge in [0, 0.05) is 22.0 Å². The molecule has 2 amide bonds. The molecule has 2 heterocycles. The number of aromatic nitrogens is 1. The molecule has 0 bridgehead atoms. The van der Waals surface area contributed by atoms with E-state index in [1.54, 1.807) is 54.6 Å². The molecular formula is C24H17FN4O3. The lowest BCUT2D eigenvalue weighted by Gasteiger charge is -2.13. The van der Waals surface area contributed by atoms with Crippen LogP contribution in [0.1, 0.15) is 21.6 Å². The first-order valence-electron chi connectivity index (χ1n) is 9.85. The van der Waals surface area contributed by atoms with Gasteiger partial charge in [-0.3, -0.25) is 9.59 Å². The van der Waals surface area contributed by atoms with E-state index in [1.807, 2.05) is 0 Å². The molecule has 32 heavy (non-hydrogen) atoms. The molecule has 1 aliphatic rings. The molecule has 4 aromatic rings. The number of phenols is 1. The van der Waals surface area contributed by atoms with Gasteiger partial charge in [0.1, 0.15) is 17.3 Å². The van der Waals surface area contributed by atoms with Crippen molar-refractivity contribution in [2.24, 2.45) is 4.99 Å². The predicted molar refractivity (Wildman–Crippen MR) is 118 cm³/mol. The summed E-state index contributed by atoms with van der Waals surface area (Å²) in [6, 6.07) is 19.3. The van der Waals surface area contributed by atoms with E-state index in [0.717, 1.165) is 0 Å². The topological polar surface area (TPSA) is 107 Å². The van der Waals surface area contributed by atoms with Gasteiger partial charge in [0.05, 0.1) is 11.4 Å². The molecule has 0 saturated heterocycles. The summed E-state index contributed by atoms with van der Waals surface area (Å²) in [7, 11) is 0. The average Bonchev–Trinajstić information content (AvgIpc) is 3.15. The van der Waals surface area contributed by atoms with Crippen LogP contribution in [-0.4, -0.2) is 33.8 Å². The van der Waals surface area contributed by atoms with E-state index < -0.39 is 23.8 Å². The van der Waals surface area contributed by atoms with Crippen LogP contribution in [0.3, 0.4) is 0 Å². The third-order valence-corrected chi connectivity index (χ3v) is 5.19. The quantitative estimate of drug-likeness (QED) is 0.401. The molecule has 0 spiro atoms. The maximum absolute atomic E-state index is 14.6. The average molecular weight is 428 g/mol. The molecule has 1 aromatic heterocycles. The highest BCUT2D eigenvalue weighted by atomic mass is 19.1. The van der Waals surface area contributed by atoms with Crippen LogP contribution < -0.4 is 10.6 Å². The summed E-state index contributed by atoms with van der Waals surface area (Å²) in [5.74, 6) is -1.53. The van der Waals surface area contributed by atoms with Crippen LogP contribution in [-0.2, 0) is 4.79 Å². The number of H-pyrrole nitrogens is 1. The number of halogens is 1. The largest absolute Gasteiger partial charge is 0.508 e. The van der Waals surface area contributed by atoms with Crippen molar-refractivity contribution < 1.29 is 19.1 Å². The minimum atomic E-state index is -1.29. The van der Waals surface area contributed by atoms with Crippen LogP contribution in [0.25, 0.3) is 10.9 Å². The number of aliphatic imine (C=N–C) groups is 1. The van der Waals surface area contributed by atoms with Gasteiger partial charge in [-0.05, 0) is 42.5 Å². The Balaban J connectivity index is 1.54. The summed E-state index contributed by atoms with van der Waals surface area (Å²) >= 11 is 0. The van der Waals surface area contributed by atoms with Gasteiger partial charge in [-0.25, -0.2) is 9.38 Å². The molecule has 8 heteroatoms. The van der Waals surface area contributed by atoms with E-state index in [9.17, 15) is 19.1 Å². The molecule has 0 unspecified atom stereocenters. The number of aromatic amines is 1. The highest BCUT2D eigenvalue weighted by Gasteiger charge is 2.28. The minimum absolute atomic E-state index is 0.0727. The van der Waals surface area contributed by atoms with Crippen molar-refractivity contribution >= 4 is 34.1 Å². The lowest BCUT2D eigenvalue weighted by atomic mass is 10.0. The summed E-state index contributed by atoms with van der Waals surface area (Å²) in [6.07, 6.45) is -1.29. The Hall–Kier alpha value is -4.46. The Morgan fingerprint density at radius 2 is 1.75 bits per heavy atom. The van der Waals surface area contributed by atoms with Crippen molar-refractivity contribution in [1.29, 1.82) is 0 Å². The third-order valence-electron chi connectivity index (χ3n) is 5.19. The van der Waals surface area contributed by atoms with Gasteiger partial charge < -0.3 is 20.7 Å². The lowest BCUT2D eigenvalue weighted by Crippen LogP contribution is -2.42.